The van der Waals surface area contributed by atoms with Crippen LogP contribution in [-0.2, 0) is 9.53 Å². The van der Waals surface area contributed by atoms with E-state index in [9.17, 15) is 4.79 Å². The predicted molar refractivity (Wildman–Crippen MR) is 81.5 cm³/mol. The number of hydrogen-bond acceptors (Lipinski definition) is 3. The smallest absolute Gasteiger partial charge is 0.310 e. The van der Waals surface area contributed by atoms with Gasteiger partial charge in [-0.2, -0.15) is 0 Å². The number of ether oxygens (including phenoxy) is 1. The van der Waals surface area contributed by atoms with Crippen LogP contribution in [0.25, 0.3) is 6.08 Å². The second-order valence-electron chi connectivity index (χ2n) is 5.45. The minimum Gasteiger partial charge on any atom is -0.469 e. The molecule has 0 spiro atoms. The minimum absolute atomic E-state index is 0.0636. The van der Waals surface area contributed by atoms with E-state index in [-0.39, 0.29) is 17.8 Å². The first-order valence-electron chi connectivity index (χ1n) is 7.14. The van der Waals surface area contributed by atoms with Crippen molar-refractivity contribution < 1.29 is 9.53 Å². The van der Waals surface area contributed by atoms with Gasteiger partial charge in [0.05, 0.1) is 13.0 Å². The monoisotopic (exact) mass is 273 g/mol. The number of nitrogens with zero attached hydrogens (tertiary/aromatic N) is 1. The predicted octanol–water partition coefficient (Wildman–Crippen LogP) is 2.93. The van der Waals surface area contributed by atoms with Gasteiger partial charge < -0.3 is 9.64 Å². The zero-order valence-electron chi connectivity index (χ0n) is 12.5. The Morgan fingerprint density at radius 3 is 2.65 bits per heavy atom. The van der Waals surface area contributed by atoms with E-state index in [4.69, 9.17) is 4.74 Å². The van der Waals surface area contributed by atoms with Crippen molar-refractivity contribution in [2.24, 2.45) is 5.92 Å². The van der Waals surface area contributed by atoms with Gasteiger partial charge in [-0.15, -0.1) is 0 Å². The summed E-state index contributed by atoms with van der Waals surface area (Å²) in [6.45, 7) is 3.81. The summed E-state index contributed by atoms with van der Waals surface area (Å²) in [6, 6.07) is 8.51. The summed E-state index contributed by atoms with van der Waals surface area (Å²) >= 11 is 0. The highest BCUT2D eigenvalue weighted by molar-refractivity contribution is 5.74. The Hall–Kier alpha value is -1.61. The van der Waals surface area contributed by atoms with Crippen molar-refractivity contribution in [1.82, 2.24) is 4.90 Å². The van der Waals surface area contributed by atoms with E-state index in [1.165, 1.54) is 18.2 Å². The molecule has 1 aromatic rings. The molecule has 2 unspecified atom stereocenters. The summed E-state index contributed by atoms with van der Waals surface area (Å²) in [7, 11) is 3.53. The number of methoxy groups -OCH3 is 1. The highest BCUT2D eigenvalue weighted by Crippen LogP contribution is 2.33. The van der Waals surface area contributed by atoms with Crippen LogP contribution in [-0.4, -0.2) is 38.1 Å². The van der Waals surface area contributed by atoms with Gasteiger partial charge in [0.25, 0.3) is 0 Å². The lowest BCUT2D eigenvalue weighted by Gasteiger charge is -2.35. The standard InChI is InChI=1S/C17H23NO2/c1-4-5-13-6-8-14(9-7-13)15-10-11-18(2)12-16(15)17(19)20-3/h4-9,15-16H,10-12H2,1-3H3/b5-4+. The fourth-order valence-corrected chi connectivity index (χ4v) is 2.95. The third kappa shape index (κ3) is 3.28. The van der Waals surface area contributed by atoms with Crippen molar-refractivity contribution in [2.75, 3.05) is 27.2 Å². The maximum absolute atomic E-state index is 12.0. The largest absolute Gasteiger partial charge is 0.469 e. The van der Waals surface area contributed by atoms with Gasteiger partial charge in [-0.25, -0.2) is 0 Å². The maximum atomic E-state index is 12.0. The van der Waals surface area contributed by atoms with Crippen molar-refractivity contribution in [1.29, 1.82) is 0 Å². The van der Waals surface area contributed by atoms with Crippen LogP contribution in [0.5, 0.6) is 0 Å². The fourth-order valence-electron chi connectivity index (χ4n) is 2.95. The van der Waals surface area contributed by atoms with E-state index < -0.39 is 0 Å². The number of esters is 1. The van der Waals surface area contributed by atoms with Gasteiger partial charge in [0.2, 0.25) is 0 Å². The Morgan fingerprint density at radius 1 is 1.35 bits per heavy atom. The average Bonchev–Trinajstić information content (AvgIpc) is 2.47. The lowest BCUT2D eigenvalue weighted by molar-refractivity contribution is -0.148. The summed E-state index contributed by atoms with van der Waals surface area (Å²) in [6.07, 6.45) is 5.11. The molecule has 0 aliphatic carbocycles. The van der Waals surface area contributed by atoms with Crippen LogP contribution in [0.3, 0.4) is 0 Å². The second kappa shape index (κ2) is 6.71. The van der Waals surface area contributed by atoms with Gasteiger partial charge in [0, 0.05) is 6.54 Å². The lowest BCUT2D eigenvalue weighted by Crippen LogP contribution is -2.41. The van der Waals surface area contributed by atoms with Gasteiger partial charge in [0.15, 0.2) is 0 Å². The van der Waals surface area contributed by atoms with Gasteiger partial charge in [0.1, 0.15) is 0 Å². The SMILES string of the molecule is C/C=C/c1ccc(C2CCN(C)CC2C(=O)OC)cc1. The Bertz CT molecular complexity index is 478. The molecule has 1 aromatic carbocycles. The molecule has 1 fully saturated rings. The van der Waals surface area contributed by atoms with Crippen LogP contribution in [0, 0.1) is 5.92 Å². The van der Waals surface area contributed by atoms with Crippen LogP contribution in [0.2, 0.25) is 0 Å². The lowest BCUT2D eigenvalue weighted by atomic mass is 9.80. The molecule has 2 atom stereocenters. The van der Waals surface area contributed by atoms with E-state index in [1.54, 1.807) is 0 Å². The van der Waals surface area contributed by atoms with Gasteiger partial charge in [-0.05, 0) is 44.0 Å². The summed E-state index contributed by atoms with van der Waals surface area (Å²) < 4.78 is 4.98. The molecule has 3 heteroatoms. The first-order valence-corrected chi connectivity index (χ1v) is 7.14. The molecule has 20 heavy (non-hydrogen) atoms. The first-order chi connectivity index (χ1) is 9.65. The van der Waals surface area contributed by atoms with Crippen LogP contribution in [0.4, 0.5) is 0 Å². The number of likely N-dealkylation sites (tertiary alicyclic amines) is 1. The van der Waals surface area contributed by atoms with Crippen LogP contribution < -0.4 is 0 Å². The molecule has 0 radical (unpaired) electrons. The number of piperidine rings is 1. The Kier molecular flexibility index (Phi) is 4.96. The summed E-state index contributed by atoms with van der Waals surface area (Å²) in [5, 5.41) is 0. The average molecular weight is 273 g/mol. The zero-order valence-corrected chi connectivity index (χ0v) is 12.5. The molecule has 0 N–H and O–H groups in total. The van der Waals surface area contributed by atoms with Crippen molar-refractivity contribution in [3.63, 3.8) is 0 Å². The first kappa shape index (κ1) is 14.8. The fraction of sp³-hybridized carbons (Fsp3) is 0.471. The molecule has 108 valence electrons. The Balaban J connectivity index is 2.21. The highest BCUT2D eigenvalue weighted by atomic mass is 16.5. The van der Waals surface area contributed by atoms with Crippen LogP contribution in [0.15, 0.2) is 30.3 Å². The minimum atomic E-state index is -0.0981. The number of rotatable bonds is 3. The van der Waals surface area contributed by atoms with E-state index in [0.717, 1.165) is 19.5 Å². The molecular formula is C17H23NO2. The number of carbonyl (C=O) groups is 1. The van der Waals surface area contributed by atoms with Crippen molar-refractivity contribution in [2.45, 2.75) is 19.3 Å². The maximum Gasteiger partial charge on any atom is 0.310 e. The molecule has 1 heterocycles. The zero-order chi connectivity index (χ0) is 14.5. The van der Waals surface area contributed by atoms with E-state index in [1.807, 2.05) is 13.0 Å². The molecule has 0 amide bonds. The molecule has 0 aromatic heterocycles. The third-order valence-electron chi connectivity index (χ3n) is 4.04. The van der Waals surface area contributed by atoms with E-state index >= 15 is 0 Å². The molecule has 2 rings (SSSR count). The van der Waals surface area contributed by atoms with Crippen LogP contribution >= 0.6 is 0 Å². The summed E-state index contributed by atoms with van der Waals surface area (Å²) in [5.41, 5.74) is 2.43. The highest BCUT2D eigenvalue weighted by Gasteiger charge is 2.34. The topological polar surface area (TPSA) is 29.5 Å². The quantitative estimate of drug-likeness (QED) is 0.793. The third-order valence-corrected chi connectivity index (χ3v) is 4.04. The van der Waals surface area contributed by atoms with Crippen molar-refractivity contribution >= 4 is 12.0 Å². The number of allylic oxidation sites excluding steroid dienone is 1. The number of hydrogen-bond donors (Lipinski definition) is 0. The normalized spacial score (nSPS) is 23.9. The molecule has 3 nitrogen and oxygen atoms in total. The summed E-state index contributed by atoms with van der Waals surface area (Å²) in [5.74, 6) is 0.101. The van der Waals surface area contributed by atoms with Crippen molar-refractivity contribution in [3.8, 4) is 0 Å². The molecule has 1 aliphatic heterocycles. The van der Waals surface area contributed by atoms with Crippen molar-refractivity contribution in [3.05, 3.63) is 41.5 Å². The number of benzene rings is 1. The molecular weight excluding hydrogens is 250 g/mol. The van der Waals surface area contributed by atoms with Gasteiger partial charge in [-0.3, -0.25) is 4.79 Å². The van der Waals surface area contributed by atoms with Gasteiger partial charge >= 0.3 is 5.97 Å². The van der Waals surface area contributed by atoms with Crippen LogP contribution in [0.1, 0.15) is 30.4 Å². The second-order valence-corrected chi connectivity index (χ2v) is 5.45. The molecule has 1 saturated heterocycles. The molecule has 0 bridgehead atoms. The summed E-state index contributed by atoms with van der Waals surface area (Å²) in [4.78, 5) is 14.2. The molecule has 1 aliphatic rings. The molecule has 0 saturated carbocycles. The van der Waals surface area contributed by atoms with E-state index in [0.29, 0.717) is 0 Å². The van der Waals surface area contributed by atoms with E-state index in [2.05, 4.69) is 42.3 Å². The number of carbonyl (C=O) groups excluding carboxylic acids is 1. The van der Waals surface area contributed by atoms with Gasteiger partial charge in [-0.1, -0.05) is 36.4 Å². The Labute approximate surface area is 121 Å². The Morgan fingerprint density at radius 2 is 2.05 bits per heavy atom.